The molecular weight excluding hydrogens is 281 g/mol. The third-order valence-electron chi connectivity index (χ3n) is 2.63. The first-order valence-electron chi connectivity index (χ1n) is 5.39. The van der Waals surface area contributed by atoms with Crippen LogP contribution in [-0.2, 0) is 19.3 Å². The Labute approximate surface area is 112 Å². The third kappa shape index (κ3) is 2.90. The maximum absolute atomic E-state index is 12.9. The van der Waals surface area contributed by atoms with Gasteiger partial charge in [-0.05, 0) is 11.6 Å². The van der Waals surface area contributed by atoms with Crippen molar-refractivity contribution in [1.82, 2.24) is 9.78 Å². The molecule has 0 amide bonds. The first kappa shape index (κ1) is 13.9. The van der Waals surface area contributed by atoms with Crippen molar-refractivity contribution in [1.29, 1.82) is 0 Å². The van der Waals surface area contributed by atoms with Crippen LogP contribution in [0.15, 0.2) is 30.5 Å². The minimum atomic E-state index is -4.57. The van der Waals surface area contributed by atoms with Gasteiger partial charge in [-0.1, -0.05) is 29.8 Å². The lowest BCUT2D eigenvalue weighted by molar-refractivity contribution is -0.145. The zero-order chi connectivity index (χ0) is 14.0. The summed E-state index contributed by atoms with van der Waals surface area (Å²) in [5.41, 5.74) is -0.670. The van der Waals surface area contributed by atoms with Crippen LogP contribution in [-0.4, -0.2) is 14.9 Å². The highest BCUT2D eigenvalue weighted by molar-refractivity contribution is 6.31. The van der Waals surface area contributed by atoms with E-state index in [0.29, 0.717) is 10.6 Å². The molecule has 2 rings (SSSR count). The van der Waals surface area contributed by atoms with Crippen molar-refractivity contribution in [3.8, 4) is 0 Å². The highest BCUT2D eigenvalue weighted by atomic mass is 35.5. The standard InChI is InChI=1S/C12H10ClF3N2O/c13-10-4-2-1-3-8(10)6-18-11(12(14,15)16)9(7-19)5-17-18/h1-5,19H,6-7H2. The SMILES string of the molecule is OCc1cnn(Cc2ccccc2Cl)c1C(F)(F)F. The molecule has 0 bridgehead atoms. The van der Waals surface area contributed by atoms with Gasteiger partial charge in [0, 0.05) is 10.6 Å². The van der Waals surface area contributed by atoms with E-state index in [-0.39, 0.29) is 12.1 Å². The highest BCUT2D eigenvalue weighted by Gasteiger charge is 2.37. The number of hydrogen-bond donors (Lipinski definition) is 1. The van der Waals surface area contributed by atoms with Crippen LogP contribution in [0.25, 0.3) is 0 Å². The molecule has 1 aromatic heterocycles. The normalized spacial score (nSPS) is 11.8. The van der Waals surface area contributed by atoms with Crippen LogP contribution in [0, 0.1) is 0 Å². The van der Waals surface area contributed by atoms with E-state index in [2.05, 4.69) is 5.10 Å². The van der Waals surface area contributed by atoms with Crippen molar-refractivity contribution in [3.05, 3.63) is 52.3 Å². The number of aliphatic hydroxyl groups is 1. The molecule has 1 aromatic carbocycles. The minimum absolute atomic E-state index is 0.103. The summed E-state index contributed by atoms with van der Waals surface area (Å²) >= 11 is 5.91. The van der Waals surface area contributed by atoms with Gasteiger partial charge in [-0.3, -0.25) is 4.68 Å². The van der Waals surface area contributed by atoms with E-state index >= 15 is 0 Å². The number of alkyl halides is 3. The quantitative estimate of drug-likeness (QED) is 0.943. The fourth-order valence-corrected chi connectivity index (χ4v) is 1.97. The van der Waals surface area contributed by atoms with E-state index < -0.39 is 18.5 Å². The largest absolute Gasteiger partial charge is 0.433 e. The van der Waals surface area contributed by atoms with Crippen molar-refractivity contribution in [2.24, 2.45) is 0 Å². The van der Waals surface area contributed by atoms with Crippen molar-refractivity contribution in [2.75, 3.05) is 0 Å². The zero-order valence-corrected chi connectivity index (χ0v) is 10.4. The molecule has 0 unspecified atom stereocenters. The van der Waals surface area contributed by atoms with E-state index in [9.17, 15) is 13.2 Å². The molecule has 0 spiro atoms. The number of aliphatic hydroxyl groups excluding tert-OH is 1. The summed E-state index contributed by atoms with van der Waals surface area (Å²) in [7, 11) is 0. The lowest BCUT2D eigenvalue weighted by Crippen LogP contribution is -2.17. The summed E-state index contributed by atoms with van der Waals surface area (Å²) in [6, 6.07) is 6.60. The molecule has 0 aliphatic heterocycles. The average Bonchev–Trinajstić information content (AvgIpc) is 2.75. The Morgan fingerprint density at radius 2 is 1.89 bits per heavy atom. The average molecular weight is 291 g/mol. The van der Waals surface area contributed by atoms with Crippen molar-refractivity contribution in [2.45, 2.75) is 19.3 Å². The van der Waals surface area contributed by atoms with Gasteiger partial charge in [0.15, 0.2) is 0 Å². The molecule has 7 heteroatoms. The predicted octanol–water partition coefficient (Wildman–Crippen LogP) is 3.10. The molecule has 2 aromatic rings. The van der Waals surface area contributed by atoms with E-state index in [1.54, 1.807) is 24.3 Å². The zero-order valence-electron chi connectivity index (χ0n) is 9.65. The topological polar surface area (TPSA) is 38.1 Å². The molecular formula is C12H10ClF3N2O. The second-order valence-electron chi connectivity index (χ2n) is 3.92. The summed E-state index contributed by atoms with van der Waals surface area (Å²) in [5, 5.41) is 13.0. The van der Waals surface area contributed by atoms with Crippen LogP contribution >= 0.6 is 11.6 Å². The first-order chi connectivity index (χ1) is 8.93. The fourth-order valence-electron chi connectivity index (χ4n) is 1.78. The van der Waals surface area contributed by atoms with Crippen molar-refractivity contribution < 1.29 is 18.3 Å². The predicted molar refractivity (Wildman–Crippen MR) is 63.7 cm³/mol. The molecule has 0 aliphatic carbocycles. The van der Waals surface area contributed by atoms with Crippen molar-refractivity contribution >= 4 is 11.6 Å². The number of halogens is 4. The second kappa shape index (κ2) is 5.22. The van der Waals surface area contributed by atoms with Gasteiger partial charge in [-0.2, -0.15) is 18.3 Å². The van der Waals surface area contributed by atoms with Crippen LogP contribution in [0.1, 0.15) is 16.8 Å². The lowest BCUT2D eigenvalue weighted by Gasteiger charge is -2.12. The number of benzene rings is 1. The summed E-state index contributed by atoms with van der Waals surface area (Å²) in [6.45, 7) is -0.814. The van der Waals surface area contributed by atoms with Gasteiger partial charge in [0.05, 0.1) is 19.3 Å². The minimum Gasteiger partial charge on any atom is -0.392 e. The maximum atomic E-state index is 12.9. The lowest BCUT2D eigenvalue weighted by atomic mass is 10.2. The van der Waals surface area contributed by atoms with Gasteiger partial charge in [-0.15, -0.1) is 0 Å². The van der Waals surface area contributed by atoms with Crippen LogP contribution in [0.4, 0.5) is 13.2 Å². The Morgan fingerprint density at radius 1 is 1.21 bits per heavy atom. The molecule has 0 aliphatic rings. The maximum Gasteiger partial charge on any atom is 0.433 e. The number of aromatic nitrogens is 2. The second-order valence-corrected chi connectivity index (χ2v) is 4.33. The van der Waals surface area contributed by atoms with Crippen LogP contribution < -0.4 is 0 Å². The summed E-state index contributed by atoms with van der Waals surface area (Å²) in [5.74, 6) is 0. The van der Waals surface area contributed by atoms with Crippen LogP contribution in [0.5, 0.6) is 0 Å². The molecule has 102 valence electrons. The van der Waals surface area contributed by atoms with Crippen molar-refractivity contribution in [3.63, 3.8) is 0 Å². The summed E-state index contributed by atoms with van der Waals surface area (Å²) < 4.78 is 39.6. The molecule has 0 radical (unpaired) electrons. The summed E-state index contributed by atoms with van der Waals surface area (Å²) in [4.78, 5) is 0. The monoisotopic (exact) mass is 290 g/mol. The summed E-state index contributed by atoms with van der Waals surface area (Å²) in [6.07, 6.45) is -3.56. The molecule has 0 saturated carbocycles. The Hall–Kier alpha value is -1.53. The third-order valence-corrected chi connectivity index (χ3v) is 3.00. The molecule has 0 fully saturated rings. The van der Waals surface area contributed by atoms with Crippen LogP contribution in [0.2, 0.25) is 5.02 Å². The highest BCUT2D eigenvalue weighted by Crippen LogP contribution is 2.32. The van der Waals surface area contributed by atoms with E-state index in [1.165, 1.54) is 0 Å². The Balaban J connectivity index is 2.42. The molecule has 3 nitrogen and oxygen atoms in total. The number of nitrogens with zero attached hydrogens (tertiary/aromatic N) is 2. The Morgan fingerprint density at radius 3 is 2.47 bits per heavy atom. The van der Waals surface area contributed by atoms with Gasteiger partial charge < -0.3 is 5.11 Å². The number of hydrogen-bond acceptors (Lipinski definition) is 2. The molecule has 19 heavy (non-hydrogen) atoms. The number of rotatable bonds is 3. The van der Waals surface area contributed by atoms with E-state index in [0.717, 1.165) is 10.9 Å². The Kier molecular flexibility index (Phi) is 3.82. The first-order valence-corrected chi connectivity index (χ1v) is 5.77. The smallest absolute Gasteiger partial charge is 0.392 e. The van der Waals surface area contributed by atoms with Crippen LogP contribution in [0.3, 0.4) is 0 Å². The van der Waals surface area contributed by atoms with E-state index in [1.807, 2.05) is 0 Å². The van der Waals surface area contributed by atoms with Gasteiger partial charge in [0.1, 0.15) is 5.69 Å². The van der Waals surface area contributed by atoms with Gasteiger partial charge in [0.25, 0.3) is 0 Å². The molecule has 0 atom stereocenters. The van der Waals surface area contributed by atoms with Gasteiger partial charge in [0.2, 0.25) is 0 Å². The molecule has 1 N–H and O–H groups in total. The van der Waals surface area contributed by atoms with Gasteiger partial charge in [-0.25, -0.2) is 0 Å². The molecule has 0 saturated heterocycles. The fraction of sp³-hybridized carbons (Fsp3) is 0.250. The Bertz CT molecular complexity index is 581. The molecule has 1 heterocycles. The van der Waals surface area contributed by atoms with Gasteiger partial charge >= 0.3 is 6.18 Å². The van der Waals surface area contributed by atoms with E-state index in [4.69, 9.17) is 16.7 Å².